The van der Waals surface area contributed by atoms with Crippen LogP contribution in [0.4, 0.5) is 0 Å². The van der Waals surface area contributed by atoms with Gasteiger partial charge in [0, 0.05) is 32.1 Å². The zero-order chi connectivity index (χ0) is 18.7. The van der Waals surface area contributed by atoms with E-state index >= 15 is 0 Å². The van der Waals surface area contributed by atoms with E-state index in [-0.39, 0.29) is 5.91 Å². The van der Waals surface area contributed by atoms with E-state index in [0.29, 0.717) is 36.4 Å². The second-order valence-corrected chi connectivity index (χ2v) is 8.69. The minimum atomic E-state index is -1.35. The summed E-state index contributed by atoms with van der Waals surface area (Å²) in [7, 11) is 0.402. The van der Waals surface area contributed by atoms with Gasteiger partial charge < -0.3 is 20.4 Å². The van der Waals surface area contributed by atoms with Crippen LogP contribution in [0.5, 0.6) is 0 Å². The molecule has 140 valence electrons. The number of hydrogen-bond donors (Lipinski definition) is 2. The molecule has 0 saturated carbocycles. The van der Waals surface area contributed by atoms with Crippen molar-refractivity contribution in [2.45, 2.75) is 24.6 Å². The van der Waals surface area contributed by atoms with Gasteiger partial charge in [-0.05, 0) is 31.2 Å². The van der Waals surface area contributed by atoms with Crippen molar-refractivity contribution in [3.63, 3.8) is 0 Å². The maximum atomic E-state index is 13.0. The van der Waals surface area contributed by atoms with Crippen LogP contribution in [0.2, 0.25) is 0 Å². The lowest BCUT2D eigenvalue weighted by molar-refractivity contribution is -0.122. The average Bonchev–Trinajstić information content (AvgIpc) is 2.88. The summed E-state index contributed by atoms with van der Waals surface area (Å²) >= 11 is 0. The number of carbonyl (C=O) groups is 1. The van der Waals surface area contributed by atoms with Gasteiger partial charge in [0.25, 0.3) is 5.91 Å². The molecule has 2 N–H and O–H groups in total. The molecule has 3 rings (SSSR count). The molecule has 6 nitrogen and oxygen atoms in total. The number of likely N-dealkylation sites (N-methyl/N-ethyl adjacent to an activating group) is 1. The van der Waals surface area contributed by atoms with Crippen molar-refractivity contribution in [3.8, 4) is 0 Å². The maximum Gasteiger partial charge on any atom is 0.264 e. The summed E-state index contributed by atoms with van der Waals surface area (Å²) in [5.74, 6) is 1.03. The second-order valence-electron chi connectivity index (χ2n) is 6.87. The fourth-order valence-electron chi connectivity index (χ4n) is 3.21. The SMILES string of the molecule is CN1/C(=C\C(=N)c2ccccc2)NC(=O)C1(C)[S@@](=O)CC1CCOCC1. The summed E-state index contributed by atoms with van der Waals surface area (Å²) in [6.07, 6.45) is 3.38. The van der Waals surface area contributed by atoms with E-state index in [1.54, 1.807) is 24.9 Å². The maximum absolute atomic E-state index is 13.0. The number of ether oxygens (including phenoxy) is 1. The molecule has 1 unspecified atom stereocenters. The predicted molar refractivity (Wildman–Crippen MR) is 102 cm³/mol. The van der Waals surface area contributed by atoms with Crippen LogP contribution in [0.25, 0.3) is 0 Å². The average molecular weight is 375 g/mol. The summed E-state index contributed by atoms with van der Waals surface area (Å²) in [6, 6.07) is 9.32. The predicted octanol–water partition coefficient (Wildman–Crippen LogP) is 1.85. The molecule has 2 aliphatic heterocycles. The van der Waals surface area contributed by atoms with E-state index in [4.69, 9.17) is 10.1 Å². The minimum absolute atomic E-state index is 0.280. The first-order valence-corrected chi connectivity index (χ1v) is 10.1. The zero-order valence-corrected chi connectivity index (χ0v) is 16.0. The number of allylic oxidation sites excluding steroid dienone is 1. The standard InChI is InChI=1S/C19H25N3O3S/c1-19(26(24)13-14-8-10-25-11-9-14)18(23)21-17(22(19)2)12-16(20)15-6-4-3-5-7-15/h3-7,12,14,20H,8-11,13H2,1-2H3,(H,21,23)/b17-12-,20-16?/t19?,26-/m0/s1. The molecule has 0 aromatic heterocycles. The number of nitrogens with zero attached hydrogens (tertiary/aromatic N) is 1. The first kappa shape index (κ1) is 18.8. The lowest BCUT2D eigenvalue weighted by Gasteiger charge is -2.32. The van der Waals surface area contributed by atoms with E-state index in [1.165, 1.54) is 0 Å². The van der Waals surface area contributed by atoms with Gasteiger partial charge in [-0.1, -0.05) is 30.3 Å². The Morgan fingerprint density at radius 1 is 1.38 bits per heavy atom. The Bertz CT molecular complexity index is 744. The van der Waals surface area contributed by atoms with Crippen molar-refractivity contribution in [2.75, 3.05) is 26.0 Å². The number of rotatable bonds is 5. The molecule has 2 saturated heterocycles. The third-order valence-corrected chi connectivity index (χ3v) is 7.32. The first-order valence-electron chi connectivity index (χ1n) is 8.80. The third-order valence-electron chi connectivity index (χ3n) is 5.20. The fraction of sp³-hybridized carbons (Fsp3) is 0.474. The highest BCUT2D eigenvalue weighted by atomic mass is 32.2. The summed E-state index contributed by atoms with van der Waals surface area (Å²) in [5, 5.41) is 11.1. The van der Waals surface area contributed by atoms with Gasteiger partial charge in [-0.25, -0.2) is 0 Å². The second kappa shape index (κ2) is 7.72. The van der Waals surface area contributed by atoms with Gasteiger partial charge >= 0.3 is 0 Å². The highest BCUT2D eigenvalue weighted by molar-refractivity contribution is 7.87. The molecule has 7 heteroatoms. The van der Waals surface area contributed by atoms with Crippen molar-refractivity contribution in [1.82, 2.24) is 10.2 Å². The van der Waals surface area contributed by atoms with Crippen LogP contribution >= 0.6 is 0 Å². The van der Waals surface area contributed by atoms with Crippen LogP contribution in [0, 0.1) is 11.3 Å². The largest absolute Gasteiger partial charge is 0.381 e. The van der Waals surface area contributed by atoms with Crippen LogP contribution < -0.4 is 5.32 Å². The summed E-state index contributed by atoms with van der Waals surface area (Å²) < 4.78 is 18.4. The lowest BCUT2D eigenvalue weighted by Crippen LogP contribution is -2.49. The van der Waals surface area contributed by atoms with Gasteiger partial charge in [0.05, 0.1) is 16.5 Å². The Balaban J connectivity index is 1.76. The number of nitrogens with one attached hydrogen (secondary N) is 2. The third kappa shape index (κ3) is 3.59. The van der Waals surface area contributed by atoms with Crippen molar-refractivity contribution in [3.05, 3.63) is 47.8 Å². The quantitative estimate of drug-likeness (QED) is 0.770. The summed E-state index contributed by atoms with van der Waals surface area (Å²) in [4.78, 5) is 13.2. The minimum Gasteiger partial charge on any atom is -0.381 e. The van der Waals surface area contributed by atoms with Crippen LogP contribution in [0.3, 0.4) is 0 Å². The molecule has 2 aliphatic rings. The van der Waals surface area contributed by atoms with Crippen molar-refractivity contribution in [1.29, 1.82) is 5.41 Å². The normalized spacial score (nSPS) is 26.8. The van der Waals surface area contributed by atoms with Gasteiger partial charge in [-0.3, -0.25) is 9.00 Å². The van der Waals surface area contributed by atoms with Crippen molar-refractivity contribution < 1.29 is 13.7 Å². The first-order chi connectivity index (χ1) is 12.4. The highest BCUT2D eigenvalue weighted by Gasteiger charge is 2.50. The molecule has 2 heterocycles. The van der Waals surface area contributed by atoms with Crippen LogP contribution in [0.1, 0.15) is 25.3 Å². The molecule has 0 bridgehead atoms. The number of benzene rings is 1. The Kier molecular flexibility index (Phi) is 5.58. The number of carbonyl (C=O) groups excluding carboxylic acids is 1. The van der Waals surface area contributed by atoms with Crippen LogP contribution in [-0.4, -0.2) is 51.6 Å². The van der Waals surface area contributed by atoms with Gasteiger partial charge in [0.15, 0.2) is 4.87 Å². The zero-order valence-electron chi connectivity index (χ0n) is 15.2. The molecule has 1 aromatic carbocycles. The molecule has 26 heavy (non-hydrogen) atoms. The molecule has 1 aromatic rings. The van der Waals surface area contributed by atoms with Crippen molar-refractivity contribution in [2.24, 2.45) is 5.92 Å². The van der Waals surface area contributed by atoms with Gasteiger partial charge in [0.1, 0.15) is 5.82 Å². The Labute approximate surface area is 156 Å². The molecular formula is C19H25N3O3S. The molecule has 0 radical (unpaired) electrons. The smallest absolute Gasteiger partial charge is 0.264 e. The summed E-state index contributed by atoms with van der Waals surface area (Å²) in [6.45, 7) is 3.10. The van der Waals surface area contributed by atoms with E-state index in [2.05, 4.69) is 5.32 Å². The van der Waals surface area contributed by atoms with Gasteiger partial charge in [0.2, 0.25) is 0 Å². The topological polar surface area (TPSA) is 82.5 Å². The van der Waals surface area contributed by atoms with E-state index in [0.717, 1.165) is 18.4 Å². The monoisotopic (exact) mass is 375 g/mol. The fourth-order valence-corrected chi connectivity index (χ4v) is 4.96. The highest BCUT2D eigenvalue weighted by Crippen LogP contribution is 2.31. The molecular weight excluding hydrogens is 350 g/mol. The van der Waals surface area contributed by atoms with Gasteiger partial charge in [-0.2, -0.15) is 0 Å². The molecule has 2 fully saturated rings. The summed E-state index contributed by atoms with van der Waals surface area (Å²) in [5.41, 5.74) is 1.06. The van der Waals surface area contributed by atoms with E-state index < -0.39 is 15.7 Å². The Morgan fingerprint density at radius 2 is 2.04 bits per heavy atom. The molecule has 0 spiro atoms. The lowest BCUT2D eigenvalue weighted by atomic mass is 10.0. The van der Waals surface area contributed by atoms with Crippen molar-refractivity contribution >= 4 is 22.4 Å². The number of hydrogen-bond acceptors (Lipinski definition) is 5. The molecule has 1 amide bonds. The van der Waals surface area contributed by atoms with E-state index in [9.17, 15) is 9.00 Å². The van der Waals surface area contributed by atoms with Crippen LogP contribution in [-0.2, 0) is 20.3 Å². The molecule has 0 aliphatic carbocycles. The Morgan fingerprint density at radius 3 is 2.69 bits per heavy atom. The number of amides is 1. The van der Waals surface area contributed by atoms with Crippen LogP contribution in [0.15, 0.2) is 42.2 Å². The van der Waals surface area contributed by atoms with E-state index in [1.807, 2.05) is 30.3 Å². The Hall–Kier alpha value is -1.99. The molecule has 2 atom stereocenters. The van der Waals surface area contributed by atoms with Gasteiger partial charge in [-0.15, -0.1) is 0 Å².